The summed E-state index contributed by atoms with van der Waals surface area (Å²) in [6.07, 6.45) is -0.265. The quantitative estimate of drug-likeness (QED) is 0.0163. The lowest BCUT2D eigenvalue weighted by Gasteiger charge is -2.37. The van der Waals surface area contributed by atoms with E-state index in [9.17, 15) is 33.9 Å². The van der Waals surface area contributed by atoms with Gasteiger partial charge in [-0.3, -0.25) is 9.59 Å². The molecule has 0 bridgehead atoms. The summed E-state index contributed by atoms with van der Waals surface area (Å²) in [7, 11) is 0. The number of esters is 1. The topological polar surface area (TPSA) is 274 Å². The number of carbonyl (C=O) groups is 6. The highest BCUT2D eigenvalue weighted by Crippen LogP contribution is 2.40. The number of nitrogens with zero attached hydrogens (tertiary/aromatic N) is 4. The Hall–Kier alpha value is -10.0. The molecule has 0 aliphatic carbocycles. The molecule has 0 fully saturated rings. The van der Waals surface area contributed by atoms with Crippen LogP contribution in [0.2, 0.25) is 0 Å². The second kappa shape index (κ2) is 36.7. The van der Waals surface area contributed by atoms with Crippen LogP contribution >= 0.6 is 22.7 Å². The van der Waals surface area contributed by atoms with E-state index in [4.69, 9.17) is 14.2 Å². The third-order valence-electron chi connectivity index (χ3n) is 17.2. The first-order valence-corrected chi connectivity index (χ1v) is 36.4. The maximum Gasteiger partial charge on any atom is 0.331 e. The smallest absolute Gasteiger partial charge is 0.331 e. The molecule has 7 N–H and O–H groups in total. The second-order valence-corrected chi connectivity index (χ2v) is 29.5. The number of hydrogen-bond acceptors (Lipinski definition) is 15. The number of ether oxygens (including phenoxy) is 3. The van der Waals surface area contributed by atoms with Crippen molar-refractivity contribution in [3.05, 3.63) is 271 Å². The molecule has 7 aromatic carbocycles. The maximum absolute atomic E-state index is 14.5. The van der Waals surface area contributed by atoms with Gasteiger partial charge in [0.25, 0.3) is 0 Å². The summed E-state index contributed by atoms with van der Waals surface area (Å²) in [4.78, 5) is 81.9. The fourth-order valence-electron chi connectivity index (χ4n) is 11.9. The summed E-state index contributed by atoms with van der Waals surface area (Å²) < 4.78 is 17.6. The molecule has 6 amide bonds. The van der Waals surface area contributed by atoms with Crippen molar-refractivity contribution in [3.8, 4) is 0 Å². The van der Waals surface area contributed by atoms with Crippen LogP contribution < -0.4 is 31.9 Å². The Morgan fingerprint density at radius 1 is 0.408 bits per heavy atom. The van der Waals surface area contributed by atoms with Gasteiger partial charge < -0.3 is 51.2 Å². The van der Waals surface area contributed by atoms with Crippen molar-refractivity contribution in [2.45, 2.75) is 186 Å². The number of aliphatic carboxylic acids is 1. The number of aromatic nitrogens is 4. The molecule has 2 heterocycles. The molecule has 9 rings (SSSR count). The van der Waals surface area contributed by atoms with Crippen LogP contribution in [0.5, 0.6) is 0 Å². The van der Waals surface area contributed by atoms with Crippen LogP contribution in [0.25, 0.3) is 0 Å². The second-order valence-electron chi connectivity index (χ2n) is 27.4. The van der Waals surface area contributed by atoms with E-state index in [2.05, 4.69) is 66.1 Å². The number of hydrogen-bond donors (Lipinski definition) is 7. The van der Waals surface area contributed by atoms with E-state index < -0.39 is 82.7 Å². The van der Waals surface area contributed by atoms with Gasteiger partial charge in [-0.2, -0.15) is 0 Å². The number of carbonyl (C=O) groups excluding carboxylic acids is 5. The third-order valence-corrected chi connectivity index (χ3v) is 19.7. The first-order valence-electron chi connectivity index (χ1n) is 34.8. The van der Waals surface area contributed by atoms with E-state index in [0.717, 1.165) is 61.8 Å². The van der Waals surface area contributed by atoms with Crippen molar-refractivity contribution in [2.75, 3.05) is 0 Å². The molecule has 0 saturated heterocycles. The predicted octanol–water partition coefficient (Wildman–Crippen LogP) is 14.8. The van der Waals surface area contributed by atoms with E-state index >= 15 is 0 Å². The van der Waals surface area contributed by atoms with Crippen LogP contribution in [0.4, 0.5) is 9.59 Å². The van der Waals surface area contributed by atoms with E-state index in [-0.39, 0.29) is 43.1 Å². The number of nitrogens with one attached hydrogen (secondary N) is 6. The Balaban J connectivity index is 0.000000264. The first-order chi connectivity index (χ1) is 49.2. The predicted molar refractivity (Wildman–Crippen MR) is 402 cm³/mol. The molecule has 2 aromatic heterocycles. The molecule has 542 valence electrons. The van der Waals surface area contributed by atoms with E-state index in [1.54, 1.807) is 13.8 Å². The molecule has 0 saturated carbocycles. The average Bonchev–Trinajstić information content (AvgIpc) is 1.71. The molecule has 9 aromatic rings. The summed E-state index contributed by atoms with van der Waals surface area (Å²) in [5.74, 6) is -2.34. The molecular weight excluding hydrogens is 1340 g/mol. The number of benzene rings is 7. The lowest BCUT2D eigenvalue weighted by molar-refractivity contribution is -0.154. The zero-order valence-electron chi connectivity index (χ0n) is 60.6. The van der Waals surface area contributed by atoms with Gasteiger partial charge in [-0.05, 0) is 107 Å². The van der Waals surface area contributed by atoms with Crippen LogP contribution in [0.1, 0.15) is 192 Å². The Kier molecular flexibility index (Phi) is 28.1. The Morgan fingerprint density at radius 2 is 0.689 bits per heavy atom. The van der Waals surface area contributed by atoms with Gasteiger partial charge in [-0.25, -0.2) is 19.2 Å². The van der Waals surface area contributed by atoms with Crippen LogP contribution in [-0.4, -0.2) is 96.8 Å². The van der Waals surface area contributed by atoms with E-state index in [1.165, 1.54) is 22.7 Å². The van der Waals surface area contributed by atoms with Crippen molar-refractivity contribution >= 4 is 58.5 Å². The average molecular weight is 1430 g/mol. The Bertz CT molecular complexity index is 3950. The normalized spacial score (nSPS) is 14.1. The van der Waals surface area contributed by atoms with Crippen LogP contribution in [0.3, 0.4) is 0 Å². The minimum Gasteiger partial charge on any atom is -0.480 e. The van der Waals surface area contributed by atoms with Gasteiger partial charge >= 0.3 is 24.0 Å². The van der Waals surface area contributed by atoms with Gasteiger partial charge in [0.15, 0.2) is 12.1 Å². The number of urea groups is 2. The molecule has 0 spiro atoms. The molecule has 2 unspecified atom stereocenters. The molecule has 103 heavy (non-hydrogen) atoms. The maximum atomic E-state index is 14.5. The largest absolute Gasteiger partial charge is 0.480 e. The Labute approximate surface area is 612 Å². The lowest BCUT2D eigenvalue weighted by atomic mass is 9.77. The summed E-state index contributed by atoms with van der Waals surface area (Å²) in [6.45, 7) is 22.6. The highest BCUT2D eigenvalue weighted by Gasteiger charge is 2.42. The van der Waals surface area contributed by atoms with Crippen molar-refractivity contribution in [2.24, 2.45) is 0 Å². The summed E-state index contributed by atoms with van der Waals surface area (Å²) >= 11 is 2.67. The number of amides is 6. The van der Waals surface area contributed by atoms with Crippen molar-refractivity contribution < 1.29 is 48.1 Å². The van der Waals surface area contributed by atoms with Crippen LogP contribution in [0.15, 0.2) is 212 Å². The van der Waals surface area contributed by atoms with Gasteiger partial charge in [0.2, 0.25) is 11.8 Å². The summed E-state index contributed by atoms with van der Waals surface area (Å²) in [6, 6.07) is 62.1. The first kappa shape index (κ1) is 78.7. The fourth-order valence-corrected chi connectivity index (χ4v) is 13.9. The molecule has 0 aliphatic rings. The summed E-state index contributed by atoms with van der Waals surface area (Å²) in [5.41, 5.74) is 2.58. The molecule has 22 heteroatoms. The number of carboxylic acids is 1. The van der Waals surface area contributed by atoms with Crippen molar-refractivity contribution in [3.63, 3.8) is 0 Å². The highest BCUT2D eigenvalue weighted by molar-refractivity contribution is 7.11. The zero-order valence-corrected chi connectivity index (χ0v) is 62.2. The number of rotatable bonds is 30. The van der Waals surface area contributed by atoms with Gasteiger partial charge in [0, 0.05) is 11.8 Å². The van der Waals surface area contributed by atoms with Gasteiger partial charge in [-0.15, -0.1) is 20.4 Å². The molecule has 8 atom stereocenters. The SMILES string of the molecule is CC[C@H](C)c1nnc([C@H](CC(=O)NC(c2ccccc2)(c2ccccc2)c2ccccc2)NC(=O)N[C@H](C(=O)O)C(C)OC(C)(C)C)s1.CC[C@H](C)c1nnc([C@H](CC(=O)NC(c2ccccc2)(c2ccccc2)c2ccccc2)NC(=O)N[C@H](C(=O)OCc2ccccc2)C(C)OC(C)(C)C)s1. The Morgan fingerprint density at radius 3 is 0.981 bits per heavy atom. The minimum absolute atomic E-state index is 0.0275. The minimum atomic E-state index is -1.34. The lowest BCUT2D eigenvalue weighted by Crippen LogP contribution is -2.54. The van der Waals surface area contributed by atoms with Crippen LogP contribution in [-0.2, 0) is 51.1 Å². The van der Waals surface area contributed by atoms with Crippen molar-refractivity contribution in [1.29, 1.82) is 0 Å². The third kappa shape index (κ3) is 21.8. The van der Waals surface area contributed by atoms with Gasteiger partial charge in [0.05, 0.1) is 48.3 Å². The van der Waals surface area contributed by atoms with E-state index in [1.807, 2.05) is 268 Å². The number of carboxylic acid groups (broad SMARTS) is 1. The zero-order chi connectivity index (χ0) is 74.3. The molecule has 20 nitrogen and oxygen atoms in total. The van der Waals surface area contributed by atoms with Crippen molar-refractivity contribution in [1.82, 2.24) is 52.3 Å². The fraction of sp³-hybridized carbons (Fsp3) is 0.358. The molecule has 0 radical (unpaired) electrons. The standard InChI is InChI=1S/C44H51N5O5S.C37H45N5O5S/c1-7-30(2)39-48-49-40(55-39)36(45-42(52)46-38(31(3)54-43(4,5)6)41(51)53-29-32-20-12-8-13-21-32)28-37(50)47-44(33-22-14-9-15-23-33,34-24-16-10-17-25-34)35-26-18-11-19-27-35;1-7-24(2)32-41-42-33(48-32)29(38-35(46)39-31(34(44)45)25(3)47-36(4,5)6)23-30(43)40-37(26-17-11-8-12-18-26,27-19-13-9-14-20-27)28-21-15-10-16-22-28/h8-27,30-31,36,38H,7,28-29H2,1-6H3,(H,47,50)(H2,45,46,52);8-22,24-25,29,31H,7,23H2,1-6H3,(H,40,43)(H,44,45)(H2,38,39,46)/t30-,31?,36-,38-;24-,25?,29-,31-/m00/s1. The van der Waals surface area contributed by atoms with Gasteiger partial charge in [-0.1, -0.05) is 263 Å². The molecular formula is C81H96N10O10S2. The van der Waals surface area contributed by atoms with E-state index in [0.29, 0.717) is 10.0 Å². The van der Waals surface area contributed by atoms with Crippen LogP contribution in [0, 0.1) is 0 Å². The monoisotopic (exact) mass is 1430 g/mol. The molecule has 0 aliphatic heterocycles. The van der Waals surface area contributed by atoms with Gasteiger partial charge in [0.1, 0.15) is 37.7 Å². The summed E-state index contributed by atoms with van der Waals surface area (Å²) in [5, 5.41) is 47.8. The highest BCUT2D eigenvalue weighted by atomic mass is 32.1.